The number of nitrogens with zero attached hydrogens (tertiary/aromatic N) is 1. The highest BCUT2D eigenvalue weighted by atomic mass is 16.3. The largest absolute Gasteiger partial charge is 0.393 e. The van der Waals surface area contributed by atoms with Crippen LogP contribution in [0.2, 0.25) is 0 Å². The normalized spacial score (nSPS) is 47.8. The number of aliphatic hydroxyl groups is 1. The zero-order chi connectivity index (χ0) is 11.3. The first kappa shape index (κ1) is 10.6. The molecule has 5 atom stereocenters. The summed E-state index contributed by atoms with van der Waals surface area (Å²) in [7, 11) is 1.92. The van der Waals surface area contributed by atoms with Crippen molar-refractivity contribution in [1.29, 1.82) is 0 Å². The number of piperidine rings is 1. The molecule has 5 unspecified atom stereocenters. The quantitative estimate of drug-likeness (QED) is 0.671. The molecule has 0 aromatic carbocycles. The van der Waals surface area contributed by atoms with Gasteiger partial charge in [0.2, 0.25) is 5.91 Å². The van der Waals surface area contributed by atoms with Gasteiger partial charge in [0.15, 0.2) is 0 Å². The molecule has 3 rings (SSSR count). The highest BCUT2D eigenvalue weighted by Crippen LogP contribution is 2.49. The zero-order valence-corrected chi connectivity index (χ0v) is 9.93. The molecule has 90 valence electrons. The number of hydrogen-bond acceptors (Lipinski definition) is 2. The minimum absolute atomic E-state index is 0.123. The second-order valence-electron chi connectivity index (χ2n) is 5.98. The number of carbonyl (C=O) groups excluding carboxylic acids is 1. The maximum atomic E-state index is 12.2. The van der Waals surface area contributed by atoms with Gasteiger partial charge in [-0.05, 0) is 37.0 Å². The molecule has 1 amide bonds. The van der Waals surface area contributed by atoms with E-state index in [1.807, 2.05) is 11.9 Å². The molecular formula is C13H21NO2. The SMILES string of the molecule is CN1CC2CCCC3CC(O)CC(C1=O)C32. The number of likely N-dealkylation sites (tertiary alicyclic amines) is 1. The molecule has 1 saturated heterocycles. The summed E-state index contributed by atoms with van der Waals surface area (Å²) in [4.78, 5) is 14.0. The van der Waals surface area contributed by atoms with E-state index in [1.165, 1.54) is 19.3 Å². The van der Waals surface area contributed by atoms with E-state index in [0.29, 0.717) is 24.2 Å². The monoisotopic (exact) mass is 223 g/mol. The van der Waals surface area contributed by atoms with Crippen molar-refractivity contribution in [2.45, 2.75) is 38.2 Å². The van der Waals surface area contributed by atoms with Crippen LogP contribution in [0.3, 0.4) is 0 Å². The molecule has 1 N–H and O–H groups in total. The molecule has 3 fully saturated rings. The van der Waals surface area contributed by atoms with Crippen molar-refractivity contribution < 1.29 is 9.90 Å². The van der Waals surface area contributed by atoms with Crippen LogP contribution in [0.5, 0.6) is 0 Å². The molecule has 3 heteroatoms. The van der Waals surface area contributed by atoms with Crippen molar-refractivity contribution in [2.75, 3.05) is 13.6 Å². The lowest BCUT2D eigenvalue weighted by Gasteiger charge is -2.51. The Morgan fingerprint density at radius 2 is 2.00 bits per heavy atom. The molecule has 0 bridgehead atoms. The van der Waals surface area contributed by atoms with Crippen LogP contribution < -0.4 is 0 Å². The van der Waals surface area contributed by atoms with Gasteiger partial charge in [-0.15, -0.1) is 0 Å². The molecule has 3 aliphatic rings. The van der Waals surface area contributed by atoms with Gasteiger partial charge in [-0.2, -0.15) is 0 Å². The third kappa shape index (κ3) is 1.48. The summed E-state index contributed by atoms with van der Waals surface area (Å²) in [6.45, 7) is 0.951. The highest BCUT2D eigenvalue weighted by molar-refractivity contribution is 5.80. The van der Waals surface area contributed by atoms with Gasteiger partial charge in [-0.25, -0.2) is 0 Å². The summed E-state index contributed by atoms with van der Waals surface area (Å²) >= 11 is 0. The van der Waals surface area contributed by atoms with Gasteiger partial charge in [0.25, 0.3) is 0 Å². The molecule has 0 spiro atoms. The number of carbonyl (C=O) groups is 1. The summed E-state index contributed by atoms with van der Waals surface area (Å²) in [5.74, 6) is 2.31. The van der Waals surface area contributed by atoms with Crippen molar-refractivity contribution in [3.63, 3.8) is 0 Å². The van der Waals surface area contributed by atoms with E-state index in [1.54, 1.807) is 0 Å². The molecule has 2 saturated carbocycles. The number of rotatable bonds is 0. The fourth-order valence-corrected chi connectivity index (χ4v) is 4.44. The first-order valence-corrected chi connectivity index (χ1v) is 6.60. The molecule has 0 aromatic heterocycles. The van der Waals surface area contributed by atoms with Gasteiger partial charge in [0.1, 0.15) is 0 Å². The van der Waals surface area contributed by atoms with E-state index in [-0.39, 0.29) is 17.9 Å². The van der Waals surface area contributed by atoms with Crippen LogP contribution in [-0.4, -0.2) is 35.6 Å². The van der Waals surface area contributed by atoms with Crippen LogP contribution in [0.15, 0.2) is 0 Å². The van der Waals surface area contributed by atoms with Crippen molar-refractivity contribution >= 4 is 5.91 Å². The fourth-order valence-electron chi connectivity index (χ4n) is 4.44. The van der Waals surface area contributed by atoms with Crippen molar-refractivity contribution in [3.05, 3.63) is 0 Å². The van der Waals surface area contributed by atoms with E-state index in [4.69, 9.17) is 0 Å². The zero-order valence-electron chi connectivity index (χ0n) is 9.93. The summed E-state index contributed by atoms with van der Waals surface area (Å²) < 4.78 is 0. The molecular weight excluding hydrogens is 202 g/mol. The molecule has 1 heterocycles. The van der Waals surface area contributed by atoms with Crippen LogP contribution in [-0.2, 0) is 4.79 Å². The topological polar surface area (TPSA) is 40.5 Å². The van der Waals surface area contributed by atoms with Gasteiger partial charge in [0.05, 0.1) is 6.10 Å². The minimum atomic E-state index is -0.236. The van der Waals surface area contributed by atoms with Crippen LogP contribution in [0.25, 0.3) is 0 Å². The average molecular weight is 223 g/mol. The third-order valence-electron chi connectivity index (χ3n) is 5.01. The Bertz CT molecular complexity index is 298. The second-order valence-corrected chi connectivity index (χ2v) is 5.98. The summed E-state index contributed by atoms with van der Waals surface area (Å²) in [5.41, 5.74) is 0. The number of hydrogen-bond donors (Lipinski definition) is 1. The van der Waals surface area contributed by atoms with Crippen LogP contribution in [0.1, 0.15) is 32.1 Å². The van der Waals surface area contributed by atoms with E-state index < -0.39 is 0 Å². The van der Waals surface area contributed by atoms with E-state index in [0.717, 1.165) is 13.0 Å². The molecule has 2 aliphatic carbocycles. The summed E-state index contributed by atoms with van der Waals surface area (Å²) in [5, 5.41) is 9.89. The maximum absolute atomic E-state index is 12.2. The van der Waals surface area contributed by atoms with Crippen LogP contribution in [0.4, 0.5) is 0 Å². The second kappa shape index (κ2) is 3.73. The van der Waals surface area contributed by atoms with Gasteiger partial charge < -0.3 is 10.0 Å². The molecule has 0 radical (unpaired) electrons. The minimum Gasteiger partial charge on any atom is -0.393 e. The van der Waals surface area contributed by atoms with Crippen molar-refractivity contribution in [3.8, 4) is 0 Å². The van der Waals surface area contributed by atoms with Gasteiger partial charge in [-0.1, -0.05) is 12.8 Å². The summed E-state index contributed by atoms with van der Waals surface area (Å²) in [6, 6.07) is 0. The summed E-state index contributed by atoms with van der Waals surface area (Å²) in [6.07, 6.45) is 5.21. The Kier molecular flexibility index (Phi) is 2.46. The highest BCUT2D eigenvalue weighted by Gasteiger charge is 2.49. The Hall–Kier alpha value is -0.570. The van der Waals surface area contributed by atoms with Gasteiger partial charge in [0, 0.05) is 19.5 Å². The van der Waals surface area contributed by atoms with Gasteiger partial charge >= 0.3 is 0 Å². The Morgan fingerprint density at radius 3 is 2.81 bits per heavy atom. The molecule has 3 nitrogen and oxygen atoms in total. The lowest BCUT2D eigenvalue weighted by atomic mass is 9.58. The van der Waals surface area contributed by atoms with Gasteiger partial charge in [-0.3, -0.25) is 4.79 Å². The first-order valence-electron chi connectivity index (χ1n) is 6.60. The van der Waals surface area contributed by atoms with E-state index >= 15 is 0 Å². The average Bonchev–Trinajstić information content (AvgIpc) is 2.25. The van der Waals surface area contributed by atoms with Crippen LogP contribution in [0, 0.1) is 23.7 Å². The van der Waals surface area contributed by atoms with E-state index in [9.17, 15) is 9.90 Å². The molecule has 0 aromatic rings. The Balaban J connectivity index is 1.90. The molecule has 1 aliphatic heterocycles. The standard InChI is InChI=1S/C13H21NO2/c1-14-7-9-4-2-3-8-5-10(15)6-11(12(8)9)13(14)16/h8-12,15H,2-7H2,1H3. The first-order chi connectivity index (χ1) is 7.66. The third-order valence-corrected chi connectivity index (χ3v) is 5.01. The fraction of sp³-hybridized carbons (Fsp3) is 0.923. The smallest absolute Gasteiger partial charge is 0.225 e. The predicted octanol–water partition coefficient (Wildman–Crippen LogP) is 1.26. The molecule has 16 heavy (non-hydrogen) atoms. The predicted molar refractivity (Wildman–Crippen MR) is 60.7 cm³/mol. The Morgan fingerprint density at radius 1 is 1.25 bits per heavy atom. The number of aliphatic hydroxyl groups excluding tert-OH is 1. The lowest BCUT2D eigenvalue weighted by molar-refractivity contribution is -0.153. The van der Waals surface area contributed by atoms with Crippen LogP contribution >= 0.6 is 0 Å². The van der Waals surface area contributed by atoms with Crippen molar-refractivity contribution in [1.82, 2.24) is 4.90 Å². The lowest BCUT2D eigenvalue weighted by Crippen LogP contribution is -2.55. The number of amides is 1. The Labute approximate surface area is 96.8 Å². The van der Waals surface area contributed by atoms with E-state index in [2.05, 4.69) is 0 Å². The van der Waals surface area contributed by atoms with Crippen molar-refractivity contribution in [2.24, 2.45) is 23.7 Å². The maximum Gasteiger partial charge on any atom is 0.225 e.